The first-order chi connectivity index (χ1) is 12.2. The SMILES string of the molecule is CN1C=C(c2ccc3c(c2)CC(=O)N3)C=NC1NCc1ccccc1. The Kier molecular flexibility index (Phi) is 4.07. The third kappa shape index (κ3) is 3.32. The maximum absolute atomic E-state index is 11.5. The standard InChI is InChI=1S/C20H20N4O/c1-24-13-17(15-7-8-18-16(9-15)10-19(25)23-18)12-22-20(24)21-11-14-5-3-2-4-6-14/h2-9,12-13,20-21H,10-11H2,1H3,(H,23,25). The van der Waals surface area contributed by atoms with E-state index in [4.69, 9.17) is 0 Å². The van der Waals surface area contributed by atoms with Crippen molar-refractivity contribution in [1.82, 2.24) is 10.2 Å². The van der Waals surface area contributed by atoms with Crippen molar-refractivity contribution in [2.24, 2.45) is 4.99 Å². The third-order valence-corrected chi connectivity index (χ3v) is 4.48. The Morgan fingerprint density at radius 2 is 2.08 bits per heavy atom. The van der Waals surface area contributed by atoms with E-state index >= 15 is 0 Å². The van der Waals surface area contributed by atoms with Crippen LogP contribution >= 0.6 is 0 Å². The summed E-state index contributed by atoms with van der Waals surface area (Å²) < 4.78 is 0. The molecule has 5 nitrogen and oxygen atoms in total. The van der Waals surface area contributed by atoms with Crippen LogP contribution in [0.25, 0.3) is 5.57 Å². The number of carbonyl (C=O) groups is 1. The number of amides is 1. The predicted octanol–water partition coefficient (Wildman–Crippen LogP) is 2.61. The van der Waals surface area contributed by atoms with Crippen molar-refractivity contribution < 1.29 is 4.79 Å². The summed E-state index contributed by atoms with van der Waals surface area (Å²) in [4.78, 5) is 18.2. The van der Waals surface area contributed by atoms with Crippen molar-refractivity contribution in [2.45, 2.75) is 19.3 Å². The molecule has 0 radical (unpaired) electrons. The second-order valence-corrected chi connectivity index (χ2v) is 6.37. The fourth-order valence-electron chi connectivity index (χ4n) is 3.14. The van der Waals surface area contributed by atoms with Gasteiger partial charge < -0.3 is 10.2 Å². The molecule has 1 unspecified atom stereocenters. The van der Waals surface area contributed by atoms with E-state index in [0.717, 1.165) is 28.9 Å². The smallest absolute Gasteiger partial charge is 0.228 e. The zero-order valence-electron chi connectivity index (χ0n) is 14.1. The number of nitrogens with one attached hydrogen (secondary N) is 2. The molecule has 2 aromatic rings. The van der Waals surface area contributed by atoms with Crippen LogP contribution in [0.15, 0.2) is 59.7 Å². The average molecular weight is 332 g/mol. The predicted molar refractivity (Wildman–Crippen MR) is 100 cm³/mol. The van der Waals surface area contributed by atoms with E-state index in [1.165, 1.54) is 5.56 Å². The van der Waals surface area contributed by atoms with E-state index in [-0.39, 0.29) is 12.2 Å². The second-order valence-electron chi connectivity index (χ2n) is 6.37. The van der Waals surface area contributed by atoms with Gasteiger partial charge in [0.25, 0.3) is 0 Å². The lowest BCUT2D eigenvalue weighted by Gasteiger charge is -2.28. The van der Waals surface area contributed by atoms with E-state index in [9.17, 15) is 4.79 Å². The molecule has 0 aromatic heterocycles. The minimum Gasteiger partial charge on any atom is -0.346 e. The molecule has 126 valence electrons. The maximum atomic E-state index is 11.5. The highest BCUT2D eigenvalue weighted by Crippen LogP contribution is 2.27. The minimum atomic E-state index is -0.0818. The summed E-state index contributed by atoms with van der Waals surface area (Å²) in [6.07, 6.45) is 4.35. The van der Waals surface area contributed by atoms with Crippen LogP contribution in [0, 0.1) is 0 Å². The van der Waals surface area contributed by atoms with Gasteiger partial charge in [-0.2, -0.15) is 0 Å². The zero-order chi connectivity index (χ0) is 17.2. The number of allylic oxidation sites excluding steroid dienone is 1. The first kappa shape index (κ1) is 15.6. The molecule has 2 aliphatic rings. The van der Waals surface area contributed by atoms with Crippen LogP contribution < -0.4 is 10.6 Å². The molecule has 0 bridgehead atoms. The summed E-state index contributed by atoms with van der Waals surface area (Å²) in [6.45, 7) is 0.767. The molecule has 2 aliphatic heterocycles. The van der Waals surface area contributed by atoms with Gasteiger partial charge in [-0.3, -0.25) is 15.1 Å². The van der Waals surface area contributed by atoms with Gasteiger partial charge in [-0.1, -0.05) is 36.4 Å². The van der Waals surface area contributed by atoms with Crippen molar-refractivity contribution in [3.05, 3.63) is 71.4 Å². The highest BCUT2D eigenvalue weighted by molar-refractivity contribution is 6.11. The number of aliphatic imine (C=N–C) groups is 1. The number of benzene rings is 2. The van der Waals surface area contributed by atoms with Gasteiger partial charge in [-0.05, 0) is 28.8 Å². The first-order valence-corrected chi connectivity index (χ1v) is 8.36. The third-order valence-electron chi connectivity index (χ3n) is 4.48. The van der Waals surface area contributed by atoms with Gasteiger partial charge in [-0.15, -0.1) is 0 Å². The van der Waals surface area contributed by atoms with Crippen LogP contribution in [0.5, 0.6) is 0 Å². The minimum absolute atomic E-state index is 0.0562. The van der Waals surface area contributed by atoms with Crippen molar-refractivity contribution in [1.29, 1.82) is 0 Å². The Hall–Kier alpha value is -2.92. The number of fused-ring (bicyclic) bond motifs is 1. The quantitative estimate of drug-likeness (QED) is 0.905. The van der Waals surface area contributed by atoms with E-state index in [2.05, 4.69) is 44.9 Å². The first-order valence-electron chi connectivity index (χ1n) is 8.36. The molecule has 0 aliphatic carbocycles. The van der Waals surface area contributed by atoms with Crippen LogP contribution in [-0.2, 0) is 17.8 Å². The molecule has 1 atom stereocenters. The van der Waals surface area contributed by atoms with Gasteiger partial charge in [0.15, 0.2) is 6.29 Å². The molecule has 0 saturated heterocycles. The summed E-state index contributed by atoms with van der Waals surface area (Å²) in [5, 5.41) is 6.30. The zero-order valence-corrected chi connectivity index (χ0v) is 14.1. The van der Waals surface area contributed by atoms with Gasteiger partial charge in [0.2, 0.25) is 5.91 Å². The Balaban J connectivity index is 1.45. The van der Waals surface area contributed by atoms with Gasteiger partial charge in [-0.25, -0.2) is 0 Å². The molecule has 4 rings (SSSR count). The van der Waals surface area contributed by atoms with Gasteiger partial charge in [0.1, 0.15) is 0 Å². The van der Waals surface area contributed by atoms with Gasteiger partial charge >= 0.3 is 0 Å². The lowest BCUT2D eigenvalue weighted by Crippen LogP contribution is -2.40. The molecule has 5 heteroatoms. The number of hydrogen-bond acceptors (Lipinski definition) is 4. The van der Waals surface area contributed by atoms with Crippen LogP contribution in [0.3, 0.4) is 0 Å². The largest absolute Gasteiger partial charge is 0.346 e. The Morgan fingerprint density at radius 3 is 2.88 bits per heavy atom. The van der Waals surface area contributed by atoms with E-state index in [1.807, 2.05) is 43.6 Å². The van der Waals surface area contributed by atoms with Gasteiger partial charge in [0, 0.05) is 37.3 Å². The lowest BCUT2D eigenvalue weighted by atomic mass is 10.0. The molecule has 2 N–H and O–H groups in total. The van der Waals surface area contributed by atoms with Crippen LogP contribution in [0.2, 0.25) is 0 Å². The average Bonchev–Trinajstić information content (AvgIpc) is 3.00. The molecular weight excluding hydrogens is 312 g/mol. The number of rotatable bonds is 4. The summed E-state index contributed by atoms with van der Waals surface area (Å²) in [5.74, 6) is 0.0562. The van der Waals surface area contributed by atoms with E-state index in [0.29, 0.717) is 6.42 Å². The maximum Gasteiger partial charge on any atom is 0.228 e. The van der Waals surface area contributed by atoms with Crippen molar-refractivity contribution in [2.75, 3.05) is 12.4 Å². The molecule has 1 amide bonds. The second kappa shape index (κ2) is 6.53. The summed E-state index contributed by atoms with van der Waals surface area (Å²) in [7, 11) is 2.01. The van der Waals surface area contributed by atoms with Crippen LogP contribution in [0.1, 0.15) is 16.7 Å². The summed E-state index contributed by atoms with van der Waals surface area (Å²) >= 11 is 0. The monoisotopic (exact) mass is 332 g/mol. The highest BCUT2D eigenvalue weighted by Gasteiger charge is 2.20. The lowest BCUT2D eigenvalue weighted by molar-refractivity contribution is -0.115. The molecule has 2 aromatic carbocycles. The van der Waals surface area contributed by atoms with Crippen molar-refractivity contribution >= 4 is 23.4 Å². The summed E-state index contributed by atoms with van der Waals surface area (Å²) in [5.41, 5.74) is 5.31. The molecule has 0 fully saturated rings. The highest BCUT2D eigenvalue weighted by atomic mass is 16.1. The summed E-state index contributed by atoms with van der Waals surface area (Å²) in [6, 6.07) is 16.3. The molecule has 0 spiro atoms. The molecule has 0 saturated carbocycles. The number of nitrogens with zero attached hydrogens (tertiary/aromatic N) is 2. The van der Waals surface area contributed by atoms with E-state index in [1.54, 1.807) is 0 Å². The fourth-order valence-corrected chi connectivity index (χ4v) is 3.14. The Morgan fingerprint density at radius 1 is 1.24 bits per heavy atom. The van der Waals surface area contributed by atoms with Crippen LogP contribution in [-0.4, -0.2) is 30.4 Å². The van der Waals surface area contributed by atoms with Crippen molar-refractivity contribution in [3.63, 3.8) is 0 Å². The molecule has 2 heterocycles. The fraction of sp³-hybridized carbons (Fsp3) is 0.200. The topological polar surface area (TPSA) is 56.7 Å². The Labute approximate surface area is 147 Å². The van der Waals surface area contributed by atoms with E-state index < -0.39 is 0 Å². The normalized spacial score (nSPS) is 18.8. The number of anilines is 1. The Bertz CT molecular complexity index is 857. The van der Waals surface area contributed by atoms with Crippen molar-refractivity contribution in [3.8, 4) is 0 Å². The number of carbonyl (C=O) groups excluding carboxylic acids is 1. The van der Waals surface area contributed by atoms with Gasteiger partial charge in [0.05, 0.1) is 6.42 Å². The molecule has 25 heavy (non-hydrogen) atoms. The number of hydrogen-bond donors (Lipinski definition) is 2. The molecular formula is C20H20N4O. The van der Waals surface area contributed by atoms with Crippen LogP contribution in [0.4, 0.5) is 5.69 Å².